The number of methoxy groups -OCH3 is 1. The summed E-state index contributed by atoms with van der Waals surface area (Å²) >= 11 is 0. The van der Waals surface area contributed by atoms with Crippen LogP contribution < -0.4 is 4.74 Å². The number of carbonyl (C=O) groups is 2. The van der Waals surface area contributed by atoms with E-state index in [0.717, 1.165) is 17.7 Å². The molecule has 1 aliphatic rings. The Morgan fingerprint density at radius 1 is 1.21 bits per heavy atom. The van der Waals surface area contributed by atoms with Crippen molar-refractivity contribution in [2.75, 3.05) is 26.7 Å². The lowest BCUT2D eigenvalue weighted by molar-refractivity contribution is -0.136. The van der Waals surface area contributed by atoms with Crippen molar-refractivity contribution in [2.24, 2.45) is 0 Å². The van der Waals surface area contributed by atoms with Gasteiger partial charge in [-0.3, -0.25) is 9.59 Å². The Morgan fingerprint density at radius 3 is 2.59 bits per heavy atom. The Balaban J connectivity index is 1.69. The lowest BCUT2D eigenvalue weighted by Crippen LogP contribution is -2.40. The molecule has 1 unspecified atom stereocenters. The molecule has 1 atom stereocenters. The van der Waals surface area contributed by atoms with Crippen LogP contribution >= 0.6 is 0 Å². The summed E-state index contributed by atoms with van der Waals surface area (Å²) < 4.78 is 10.5. The van der Waals surface area contributed by atoms with Crippen molar-refractivity contribution in [1.82, 2.24) is 19.9 Å². The summed E-state index contributed by atoms with van der Waals surface area (Å²) in [6.45, 7) is 5.13. The normalized spacial score (nSPS) is 17.1. The predicted octanol–water partition coefficient (Wildman–Crippen LogP) is 2.53. The highest BCUT2D eigenvalue weighted by Gasteiger charge is 2.34. The van der Waals surface area contributed by atoms with Crippen molar-refractivity contribution in [3.8, 4) is 5.75 Å². The summed E-state index contributed by atoms with van der Waals surface area (Å²) in [5, 5.41) is 3.86. The molecule has 1 aliphatic heterocycles. The van der Waals surface area contributed by atoms with Gasteiger partial charge in [-0.25, -0.2) is 0 Å². The van der Waals surface area contributed by atoms with Gasteiger partial charge >= 0.3 is 0 Å². The van der Waals surface area contributed by atoms with Crippen LogP contribution in [0.2, 0.25) is 0 Å². The van der Waals surface area contributed by atoms with Crippen molar-refractivity contribution < 1.29 is 18.8 Å². The summed E-state index contributed by atoms with van der Waals surface area (Å²) in [5.41, 5.74) is 1.08. The SMILES string of the molecule is CCC(=O)N1CCCN(C(=O)CCc2ccc(OC)cc2)CC1c1nc(C)no1. The molecule has 8 heteroatoms. The zero-order valence-electron chi connectivity index (χ0n) is 17.3. The van der Waals surface area contributed by atoms with Crippen molar-refractivity contribution >= 4 is 11.8 Å². The average molecular weight is 400 g/mol. The lowest BCUT2D eigenvalue weighted by Gasteiger charge is -2.29. The summed E-state index contributed by atoms with van der Waals surface area (Å²) in [6, 6.07) is 7.33. The van der Waals surface area contributed by atoms with E-state index in [9.17, 15) is 9.59 Å². The van der Waals surface area contributed by atoms with E-state index in [1.165, 1.54) is 0 Å². The summed E-state index contributed by atoms with van der Waals surface area (Å²) in [7, 11) is 1.63. The fraction of sp³-hybridized carbons (Fsp3) is 0.524. The highest BCUT2D eigenvalue weighted by molar-refractivity contribution is 5.78. The van der Waals surface area contributed by atoms with Gasteiger partial charge in [0.15, 0.2) is 5.82 Å². The maximum absolute atomic E-state index is 12.9. The topological polar surface area (TPSA) is 88.8 Å². The Bertz CT molecular complexity index is 833. The molecule has 2 heterocycles. The average Bonchev–Trinajstić information content (AvgIpc) is 3.05. The van der Waals surface area contributed by atoms with Crippen LogP contribution in [-0.4, -0.2) is 58.5 Å². The second kappa shape index (κ2) is 9.54. The highest BCUT2D eigenvalue weighted by atomic mass is 16.5. The molecular weight excluding hydrogens is 372 g/mol. The van der Waals surface area contributed by atoms with E-state index in [4.69, 9.17) is 9.26 Å². The van der Waals surface area contributed by atoms with E-state index >= 15 is 0 Å². The molecule has 3 rings (SSSR count). The number of aromatic nitrogens is 2. The number of hydrogen-bond acceptors (Lipinski definition) is 6. The maximum atomic E-state index is 12.9. The van der Waals surface area contributed by atoms with Gasteiger partial charge < -0.3 is 19.1 Å². The molecule has 2 aromatic rings. The van der Waals surface area contributed by atoms with Crippen molar-refractivity contribution in [2.45, 2.75) is 45.6 Å². The van der Waals surface area contributed by atoms with Gasteiger partial charge in [0, 0.05) is 25.9 Å². The number of rotatable bonds is 6. The molecule has 1 fully saturated rings. The molecule has 0 bridgehead atoms. The molecule has 29 heavy (non-hydrogen) atoms. The van der Waals surface area contributed by atoms with Crippen LogP contribution in [0, 0.1) is 6.92 Å². The minimum Gasteiger partial charge on any atom is -0.497 e. The first kappa shape index (κ1) is 20.8. The first-order chi connectivity index (χ1) is 14.0. The van der Waals surface area contributed by atoms with E-state index in [0.29, 0.717) is 50.6 Å². The second-order valence-electron chi connectivity index (χ2n) is 7.18. The minimum absolute atomic E-state index is 0.0263. The van der Waals surface area contributed by atoms with Gasteiger partial charge in [0.25, 0.3) is 5.89 Å². The molecule has 0 radical (unpaired) electrons. The third-order valence-electron chi connectivity index (χ3n) is 5.19. The van der Waals surface area contributed by atoms with Crippen LogP contribution in [0.3, 0.4) is 0 Å². The number of aryl methyl sites for hydroxylation is 2. The molecule has 0 spiro atoms. The number of ether oxygens (including phenoxy) is 1. The number of carbonyl (C=O) groups excluding carboxylic acids is 2. The van der Waals surface area contributed by atoms with Crippen LogP contribution in [-0.2, 0) is 16.0 Å². The summed E-state index contributed by atoms with van der Waals surface area (Å²) in [5.74, 6) is 1.79. The van der Waals surface area contributed by atoms with Crippen LogP contribution in [0.1, 0.15) is 49.5 Å². The van der Waals surface area contributed by atoms with Crippen LogP contribution in [0.15, 0.2) is 28.8 Å². The number of amides is 2. The summed E-state index contributed by atoms with van der Waals surface area (Å²) in [6.07, 6.45) is 2.18. The minimum atomic E-state index is -0.406. The molecule has 156 valence electrons. The van der Waals surface area contributed by atoms with Gasteiger partial charge in [0.1, 0.15) is 11.8 Å². The standard InChI is InChI=1S/C21H28N4O4/c1-4-19(26)25-13-5-12-24(14-18(25)21-22-15(2)23-29-21)20(27)11-8-16-6-9-17(28-3)10-7-16/h6-7,9-10,18H,4-5,8,11-14H2,1-3H3. The van der Waals surface area contributed by atoms with Crippen molar-refractivity contribution in [1.29, 1.82) is 0 Å². The third kappa shape index (κ3) is 5.13. The second-order valence-corrected chi connectivity index (χ2v) is 7.18. The van der Waals surface area contributed by atoms with Crippen LogP contribution in [0.4, 0.5) is 0 Å². The Kier molecular flexibility index (Phi) is 6.85. The number of nitrogens with zero attached hydrogens (tertiary/aromatic N) is 4. The molecule has 0 saturated carbocycles. The van der Waals surface area contributed by atoms with Crippen molar-refractivity contribution in [3.05, 3.63) is 41.5 Å². The van der Waals surface area contributed by atoms with Gasteiger partial charge in [-0.1, -0.05) is 24.2 Å². The van der Waals surface area contributed by atoms with E-state index in [-0.39, 0.29) is 11.8 Å². The first-order valence-electron chi connectivity index (χ1n) is 10.0. The monoisotopic (exact) mass is 400 g/mol. The fourth-order valence-corrected chi connectivity index (χ4v) is 3.58. The lowest BCUT2D eigenvalue weighted by atomic mass is 10.1. The highest BCUT2D eigenvalue weighted by Crippen LogP contribution is 2.25. The largest absolute Gasteiger partial charge is 0.497 e. The number of hydrogen-bond donors (Lipinski definition) is 0. The molecule has 2 amide bonds. The summed E-state index contributed by atoms with van der Waals surface area (Å²) in [4.78, 5) is 33.3. The van der Waals surface area contributed by atoms with Crippen molar-refractivity contribution in [3.63, 3.8) is 0 Å². The molecular formula is C21H28N4O4. The maximum Gasteiger partial charge on any atom is 0.251 e. The fourth-order valence-electron chi connectivity index (χ4n) is 3.58. The smallest absolute Gasteiger partial charge is 0.251 e. The van der Waals surface area contributed by atoms with E-state index in [1.54, 1.807) is 18.9 Å². The van der Waals surface area contributed by atoms with Gasteiger partial charge in [-0.05, 0) is 37.5 Å². The van der Waals surface area contributed by atoms with E-state index in [1.807, 2.05) is 36.1 Å². The van der Waals surface area contributed by atoms with Gasteiger partial charge in [-0.2, -0.15) is 4.98 Å². The van der Waals surface area contributed by atoms with E-state index in [2.05, 4.69) is 10.1 Å². The van der Waals surface area contributed by atoms with Crippen LogP contribution in [0.25, 0.3) is 0 Å². The van der Waals surface area contributed by atoms with Crippen LogP contribution in [0.5, 0.6) is 5.75 Å². The first-order valence-corrected chi connectivity index (χ1v) is 10.0. The van der Waals surface area contributed by atoms with Gasteiger partial charge in [0.2, 0.25) is 11.8 Å². The number of benzene rings is 1. The third-order valence-corrected chi connectivity index (χ3v) is 5.19. The molecule has 0 aliphatic carbocycles. The predicted molar refractivity (Wildman–Crippen MR) is 106 cm³/mol. The molecule has 1 aromatic heterocycles. The molecule has 1 aromatic carbocycles. The Morgan fingerprint density at radius 2 is 1.97 bits per heavy atom. The van der Waals surface area contributed by atoms with E-state index < -0.39 is 6.04 Å². The molecule has 0 N–H and O–H groups in total. The zero-order chi connectivity index (χ0) is 20.8. The molecule has 1 saturated heterocycles. The van der Waals surface area contributed by atoms with Gasteiger partial charge in [0.05, 0.1) is 13.7 Å². The molecule has 8 nitrogen and oxygen atoms in total. The Labute approximate surface area is 170 Å². The zero-order valence-corrected chi connectivity index (χ0v) is 17.3. The quantitative estimate of drug-likeness (QED) is 0.740. The van der Waals surface area contributed by atoms with Gasteiger partial charge in [-0.15, -0.1) is 0 Å². The Hall–Kier alpha value is -2.90.